The lowest BCUT2D eigenvalue weighted by molar-refractivity contribution is 0.00578. The van der Waals surface area contributed by atoms with Gasteiger partial charge in [0.1, 0.15) is 5.82 Å². The van der Waals surface area contributed by atoms with E-state index < -0.39 is 7.12 Å². The second-order valence-electron chi connectivity index (χ2n) is 6.11. The average molecular weight is 276 g/mol. The summed E-state index contributed by atoms with van der Waals surface area (Å²) in [7, 11) is -0.462. The highest BCUT2D eigenvalue weighted by Crippen LogP contribution is 2.36. The molecule has 0 bridgehead atoms. The number of anilines is 1. The van der Waals surface area contributed by atoms with Gasteiger partial charge in [-0.1, -0.05) is 12.1 Å². The lowest BCUT2D eigenvalue weighted by Crippen LogP contribution is -2.41. The van der Waals surface area contributed by atoms with Crippen LogP contribution in [0.15, 0.2) is 16.8 Å². The van der Waals surface area contributed by atoms with Crippen molar-refractivity contribution in [3.63, 3.8) is 0 Å². The number of nitrogens with one attached hydrogen (secondary N) is 1. The Kier molecular flexibility index (Phi) is 3.56. The Hall–Kier alpha value is -1.53. The Morgan fingerprint density at radius 3 is 2.30 bits per heavy atom. The van der Waals surface area contributed by atoms with E-state index in [4.69, 9.17) is 15.0 Å². The molecule has 2 rings (SSSR count). The van der Waals surface area contributed by atoms with Crippen LogP contribution in [-0.2, 0) is 9.31 Å². The van der Waals surface area contributed by atoms with E-state index in [9.17, 15) is 4.79 Å². The molecule has 1 aromatic heterocycles. The van der Waals surface area contributed by atoms with Gasteiger partial charge in [0, 0.05) is 17.3 Å². The molecule has 6 heteroatoms. The Morgan fingerprint density at radius 1 is 1.25 bits per heavy atom. The lowest BCUT2D eigenvalue weighted by atomic mass is 9.89. The minimum absolute atomic E-state index is 0.119. The number of H-pyrrole nitrogens is 1. The van der Waals surface area contributed by atoms with Crippen molar-refractivity contribution in [2.45, 2.75) is 45.8 Å². The van der Waals surface area contributed by atoms with Crippen LogP contribution in [0.25, 0.3) is 6.08 Å². The highest BCUT2D eigenvalue weighted by atomic mass is 16.7. The van der Waals surface area contributed by atoms with Gasteiger partial charge in [0.05, 0.1) is 11.2 Å². The molecule has 0 amide bonds. The third kappa shape index (κ3) is 2.67. The summed E-state index contributed by atoms with van der Waals surface area (Å²) in [6, 6.07) is 1.37. The van der Waals surface area contributed by atoms with Crippen LogP contribution in [0.5, 0.6) is 0 Å². The first-order valence-corrected chi connectivity index (χ1v) is 6.66. The number of nitrogen functional groups attached to an aromatic ring is 1. The molecule has 2 heterocycles. The van der Waals surface area contributed by atoms with Gasteiger partial charge in [-0.3, -0.25) is 4.79 Å². The van der Waals surface area contributed by atoms with Crippen molar-refractivity contribution in [2.75, 3.05) is 5.73 Å². The van der Waals surface area contributed by atoms with Crippen molar-refractivity contribution < 1.29 is 9.31 Å². The maximum atomic E-state index is 11.9. The van der Waals surface area contributed by atoms with E-state index in [0.29, 0.717) is 11.4 Å². The third-order valence-electron chi connectivity index (χ3n) is 3.98. The second-order valence-corrected chi connectivity index (χ2v) is 6.11. The quantitative estimate of drug-likeness (QED) is 0.809. The minimum atomic E-state index is -0.462. The van der Waals surface area contributed by atoms with Gasteiger partial charge in [-0.25, -0.2) is 0 Å². The normalized spacial score (nSPS) is 20.8. The summed E-state index contributed by atoms with van der Waals surface area (Å²) in [6.45, 7) is 9.76. The van der Waals surface area contributed by atoms with Gasteiger partial charge in [-0.2, -0.15) is 0 Å². The molecule has 1 aliphatic heterocycles. The summed E-state index contributed by atoms with van der Waals surface area (Å²) in [5.41, 5.74) is 5.99. The minimum Gasteiger partial charge on any atom is -0.400 e. The summed E-state index contributed by atoms with van der Waals surface area (Å²) in [5.74, 6) is 2.12. The molecule has 0 unspecified atom stereocenters. The van der Waals surface area contributed by atoms with Crippen LogP contribution >= 0.6 is 0 Å². The summed E-state index contributed by atoms with van der Waals surface area (Å²) >= 11 is 0. The molecule has 108 valence electrons. The monoisotopic (exact) mass is 276 g/mol. The molecule has 5 nitrogen and oxygen atoms in total. The number of pyridine rings is 1. The molecule has 3 N–H and O–H groups in total. The standard InChI is InChI=1S/C14H21BN2O3/c1-9-10(11(18)8-12(16)17-9)6-7-15-19-13(2,3)14(4,5)20-15/h6-8H,1-5H3,(H3,16,17,18)/b7-6+. The molecule has 0 saturated carbocycles. The molecule has 0 spiro atoms. The summed E-state index contributed by atoms with van der Waals surface area (Å²) in [4.78, 5) is 14.8. The highest BCUT2D eigenvalue weighted by molar-refractivity contribution is 6.52. The van der Waals surface area contributed by atoms with Crippen LogP contribution in [0.3, 0.4) is 0 Å². The average Bonchev–Trinajstić information content (AvgIpc) is 2.45. The zero-order valence-electron chi connectivity index (χ0n) is 12.6. The molecule has 1 fully saturated rings. The highest BCUT2D eigenvalue weighted by Gasteiger charge is 2.50. The van der Waals surface area contributed by atoms with Crippen LogP contribution in [0.4, 0.5) is 5.82 Å². The molecule has 1 aliphatic rings. The molecule has 0 radical (unpaired) electrons. The van der Waals surface area contributed by atoms with E-state index in [-0.39, 0.29) is 16.6 Å². The van der Waals surface area contributed by atoms with Gasteiger partial charge in [0.2, 0.25) is 0 Å². The first-order chi connectivity index (χ1) is 9.12. The van der Waals surface area contributed by atoms with Crippen LogP contribution in [0.1, 0.15) is 39.0 Å². The van der Waals surface area contributed by atoms with Crippen molar-refractivity contribution >= 4 is 19.0 Å². The van der Waals surface area contributed by atoms with Gasteiger partial charge >= 0.3 is 7.12 Å². The molecule has 1 saturated heterocycles. The Labute approximate surface area is 119 Å². The number of aromatic amines is 1. The smallest absolute Gasteiger partial charge is 0.400 e. The van der Waals surface area contributed by atoms with E-state index in [1.807, 2.05) is 34.6 Å². The van der Waals surface area contributed by atoms with Crippen molar-refractivity contribution in [3.8, 4) is 0 Å². The fraction of sp³-hybridized carbons (Fsp3) is 0.500. The number of rotatable bonds is 2. The van der Waals surface area contributed by atoms with E-state index in [1.165, 1.54) is 6.07 Å². The van der Waals surface area contributed by atoms with Gasteiger partial charge in [0.15, 0.2) is 5.43 Å². The Balaban J connectivity index is 2.23. The molecular weight excluding hydrogens is 255 g/mol. The van der Waals surface area contributed by atoms with Crippen molar-refractivity contribution in [1.82, 2.24) is 4.98 Å². The largest absolute Gasteiger partial charge is 0.487 e. The van der Waals surface area contributed by atoms with Gasteiger partial charge in [0.25, 0.3) is 0 Å². The molecule has 0 atom stereocenters. The van der Waals surface area contributed by atoms with Crippen molar-refractivity contribution in [3.05, 3.63) is 33.5 Å². The SMILES string of the molecule is Cc1[nH]c(N)cc(=O)c1/C=C/B1OC(C)(C)C(C)(C)O1. The first kappa shape index (κ1) is 14.9. The third-order valence-corrected chi connectivity index (χ3v) is 3.98. The first-order valence-electron chi connectivity index (χ1n) is 6.66. The summed E-state index contributed by atoms with van der Waals surface area (Å²) in [6.07, 6.45) is 1.72. The lowest BCUT2D eigenvalue weighted by Gasteiger charge is -2.32. The number of aryl methyl sites for hydroxylation is 1. The van der Waals surface area contributed by atoms with E-state index in [1.54, 1.807) is 12.1 Å². The molecule has 20 heavy (non-hydrogen) atoms. The molecule has 0 aliphatic carbocycles. The van der Waals surface area contributed by atoms with E-state index >= 15 is 0 Å². The fourth-order valence-corrected chi connectivity index (χ4v) is 2.07. The molecular formula is C14H21BN2O3. The fourth-order valence-electron chi connectivity index (χ4n) is 2.07. The Bertz CT molecular complexity index is 589. The predicted octanol–water partition coefficient (Wildman–Crippen LogP) is 1.91. The van der Waals surface area contributed by atoms with Gasteiger partial charge in [-0.15, -0.1) is 0 Å². The van der Waals surface area contributed by atoms with Crippen molar-refractivity contribution in [1.29, 1.82) is 0 Å². The Morgan fingerprint density at radius 2 is 1.80 bits per heavy atom. The van der Waals surface area contributed by atoms with Crippen LogP contribution in [0.2, 0.25) is 0 Å². The summed E-state index contributed by atoms with van der Waals surface area (Å²) < 4.78 is 11.7. The number of nitrogens with two attached hydrogens (primary N) is 1. The van der Waals surface area contributed by atoms with E-state index in [0.717, 1.165) is 5.69 Å². The van der Waals surface area contributed by atoms with Crippen LogP contribution in [-0.4, -0.2) is 23.3 Å². The van der Waals surface area contributed by atoms with Crippen LogP contribution in [0, 0.1) is 6.92 Å². The zero-order valence-corrected chi connectivity index (χ0v) is 12.6. The number of hydrogen-bond donors (Lipinski definition) is 2. The van der Waals surface area contributed by atoms with E-state index in [2.05, 4.69) is 4.98 Å². The zero-order chi connectivity index (χ0) is 15.1. The maximum absolute atomic E-state index is 11.9. The van der Waals surface area contributed by atoms with Crippen molar-refractivity contribution in [2.24, 2.45) is 0 Å². The molecule has 1 aromatic rings. The molecule has 0 aromatic carbocycles. The topological polar surface area (TPSA) is 77.3 Å². The summed E-state index contributed by atoms with van der Waals surface area (Å²) in [5, 5.41) is 0. The van der Waals surface area contributed by atoms with Crippen LogP contribution < -0.4 is 11.2 Å². The predicted molar refractivity (Wildman–Crippen MR) is 81.3 cm³/mol. The second kappa shape index (κ2) is 4.79. The number of hydrogen-bond acceptors (Lipinski definition) is 4. The number of aromatic nitrogens is 1. The van der Waals surface area contributed by atoms with Gasteiger partial charge < -0.3 is 20.0 Å². The van der Waals surface area contributed by atoms with Gasteiger partial charge in [-0.05, 0) is 34.6 Å². The maximum Gasteiger partial charge on any atom is 0.487 e.